The molecule has 8 aromatic rings. The van der Waals surface area contributed by atoms with Crippen LogP contribution in [0.4, 0.5) is 11.9 Å². The quantitative estimate of drug-likeness (QED) is 0.0480. The molecule has 2 amide bonds. The summed E-state index contributed by atoms with van der Waals surface area (Å²) in [6.45, 7) is 18.8. The zero-order chi connectivity index (χ0) is 53.7. The number of carbonyl (C=O) groups excluding carboxylic acids is 2. The van der Waals surface area contributed by atoms with Crippen molar-refractivity contribution in [2.75, 3.05) is 32.2 Å². The molecule has 5 heterocycles. The number of imidazole rings is 2. The number of rotatable bonds is 8. The second-order valence-electron chi connectivity index (χ2n) is 20.0. The molecule has 376 valence electrons. The van der Waals surface area contributed by atoms with Crippen LogP contribution in [0.25, 0.3) is 77.5 Å². The Morgan fingerprint density at radius 3 is 1.50 bits per heavy atom. The summed E-state index contributed by atoms with van der Waals surface area (Å²) in [5.41, 5.74) is 28.9. The fourth-order valence-corrected chi connectivity index (χ4v) is 8.33. The van der Waals surface area contributed by atoms with Crippen molar-refractivity contribution in [2.24, 2.45) is 20.0 Å². The molecule has 4 aromatic heterocycles. The van der Waals surface area contributed by atoms with E-state index in [1.54, 1.807) is 63.1 Å². The maximum absolute atomic E-state index is 12.8. The largest absolute Gasteiger partial charge is 0.368 e. The summed E-state index contributed by atoms with van der Waals surface area (Å²) in [5.74, 6) is 1.84. The number of anilines is 2. The number of azide groups is 1. The number of nitrogens with one attached hydrogen (secondary N) is 2. The molecule has 0 spiro atoms. The van der Waals surface area contributed by atoms with Crippen LogP contribution in [0.2, 0.25) is 19.6 Å². The van der Waals surface area contributed by atoms with Crippen LogP contribution in [0.1, 0.15) is 73.4 Å². The van der Waals surface area contributed by atoms with Gasteiger partial charge in [-0.15, -0.1) is 9.89 Å². The second kappa shape index (κ2) is 21.3. The molecule has 22 heteroatoms. The number of benzene rings is 4. The van der Waals surface area contributed by atoms with Crippen molar-refractivity contribution in [1.29, 1.82) is 5.26 Å². The first kappa shape index (κ1) is 52.6. The van der Waals surface area contributed by atoms with Crippen LogP contribution >= 0.6 is 0 Å². The molecule has 6 N–H and O–H groups in total. The summed E-state index contributed by atoms with van der Waals surface area (Å²) < 4.78 is 7.82. The van der Waals surface area contributed by atoms with Gasteiger partial charge in [0.25, 0.3) is 11.8 Å². The molecule has 0 aliphatic carbocycles. The lowest BCUT2D eigenvalue weighted by molar-refractivity contribution is 0.0955. The summed E-state index contributed by atoms with van der Waals surface area (Å²) in [4.78, 5) is 58.7. The average molecular weight is 1010 g/mol. The van der Waals surface area contributed by atoms with Gasteiger partial charge in [-0.1, -0.05) is 37.8 Å². The Kier molecular flexibility index (Phi) is 15.1. The Balaban J connectivity index is 0.000000192. The molecular weight excluding hydrogens is 951 g/mol. The molecule has 9 rings (SSSR count). The zero-order valence-electron chi connectivity index (χ0n) is 43.1. The molecule has 0 saturated heterocycles. The predicted octanol–water partition coefficient (Wildman–Crippen LogP) is 9.89. The zero-order valence-corrected chi connectivity index (χ0v) is 44.1. The van der Waals surface area contributed by atoms with E-state index in [4.69, 9.17) is 27.0 Å². The first-order chi connectivity index (χ1) is 35.0. The molecule has 0 atom stereocenters. The van der Waals surface area contributed by atoms with Crippen molar-refractivity contribution >= 4 is 59.8 Å². The number of fused-ring (bicyclic) bond motifs is 2. The fraction of sp³-hybridized carbons (Fsp3) is 0.269. The minimum absolute atomic E-state index is 0.200. The molecule has 1 aliphatic rings. The van der Waals surface area contributed by atoms with Gasteiger partial charge in [0.1, 0.15) is 19.9 Å². The fourth-order valence-electron chi connectivity index (χ4n) is 8.06. The number of amides is 2. The van der Waals surface area contributed by atoms with E-state index < -0.39 is 8.24 Å². The molecule has 0 saturated carbocycles. The Hall–Kier alpha value is -9.19. The minimum Gasteiger partial charge on any atom is -0.368 e. The monoisotopic (exact) mass is 1010 g/mol. The van der Waals surface area contributed by atoms with Gasteiger partial charge in [0.15, 0.2) is 12.5 Å². The van der Waals surface area contributed by atoms with Crippen molar-refractivity contribution in [2.45, 2.75) is 72.3 Å². The standard InChI is InChI=1S/C25H25N9O.C24H23N7O.C3H9N3Si/c1-25(2,3)34-20-8-6-14(16-11-28-24(26)29-12-16)10-19(20)32-22(34)18-9-15(21-30-13-31-33-21)5-7-17(18)23(35)27-4;1-24(2,3)31-20-8-6-15(16-12-28-23(26)29-13-16)10-19(20)30-21(31)18-9-14(11-25)5-7-17(18)22(32)27-4;1-7(2,3)6-5-4/h5-12H,13H2,1-4H3,(H,27,35)(H2,26,28,29);5-10,12-13H,1-4H3,(H,27,32)(H2,26,28,29);1-3H3. The highest BCUT2D eigenvalue weighted by atomic mass is 28.3. The summed E-state index contributed by atoms with van der Waals surface area (Å²) in [7, 11) is 1.75. The normalized spacial score (nSPS) is 12.2. The van der Waals surface area contributed by atoms with Gasteiger partial charge in [-0.2, -0.15) is 10.4 Å². The summed E-state index contributed by atoms with van der Waals surface area (Å²) >= 11 is 0. The number of nitriles is 1. The Labute approximate surface area is 428 Å². The van der Waals surface area contributed by atoms with E-state index in [2.05, 4.69) is 112 Å². The number of nitrogens with zero attached hydrogens (tertiary/aromatic N) is 15. The Bertz CT molecular complexity index is 3580. The third-order valence-electron chi connectivity index (χ3n) is 11.3. The molecule has 1 aliphatic heterocycles. The molecule has 0 fully saturated rings. The van der Waals surface area contributed by atoms with Crippen LogP contribution in [0.15, 0.2) is 118 Å². The van der Waals surface area contributed by atoms with Gasteiger partial charge in [-0.05, 0) is 118 Å². The SMILES string of the molecule is CNC(=O)c1ccc(C#N)cc1-c1nc2cc(-c3cnc(N)nc3)ccc2n1C(C)(C)C.CNC(=O)c1ccc(C2=NCN=N2)cc1-c1nc2cc(-c3cnc(N)nc3)ccc2n1C(C)(C)C.C[Si](C)(C)N=[N+]=[N-]. The van der Waals surface area contributed by atoms with E-state index in [0.717, 1.165) is 49.9 Å². The third-order valence-corrected chi connectivity index (χ3v) is 12.0. The lowest BCUT2D eigenvalue weighted by Crippen LogP contribution is -2.24. The van der Waals surface area contributed by atoms with Gasteiger partial charge in [-0.25, -0.2) is 34.9 Å². The van der Waals surface area contributed by atoms with Crippen LogP contribution in [0.5, 0.6) is 0 Å². The Morgan fingerprint density at radius 2 is 1.12 bits per heavy atom. The molecule has 74 heavy (non-hydrogen) atoms. The second-order valence-corrected chi connectivity index (χ2v) is 24.5. The third kappa shape index (κ3) is 11.6. The van der Waals surface area contributed by atoms with Gasteiger partial charge in [0, 0.05) is 77.8 Å². The van der Waals surface area contributed by atoms with Crippen molar-refractivity contribution < 1.29 is 9.59 Å². The van der Waals surface area contributed by atoms with Gasteiger partial charge in [-0.3, -0.25) is 9.59 Å². The van der Waals surface area contributed by atoms with Gasteiger partial charge >= 0.3 is 0 Å². The summed E-state index contributed by atoms with van der Waals surface area (Å²) in [5, 5.41) is 22.9. The highest BCUT2D eigenvalue weighted by molar-refractivity contribution is 6.74. The number of hydrogen-bond donors (Lipinski definition) is 4. The number of nitrogens with two attached hydrogens (primary N) is 2. The van der Waals surface area contributed by atoms with Crippen LogP contribution in [0.3, 0.4) is 0 Å². The van der Waals surface area contributed by atoms with E-state index in [1.165, 1.54) is 0 Å². The molecule has 4 aromatic carbocycles. The first-order valence-corrected chi connectivity index (χ1v) is 26.8. The van der Waals surface area contributed by atoms with Crippen LogP contribution in [-0.2, 0) is 11.1 Å². The van der Waals surface area contributed by atoms with Gasteiger partial charge in [0.05, 0.1) is 44.8 Å². The number of carbonyl (C=O) groups is 2. The lowest BCUT2D eigenvalue weighted by Gasteiger charge is -2.25. The molecule has 0 unspecified atom stereocenters. The lowest BCUT2D eigenvalue weighted by atomic mass is 10.00. The molecular formula is C52H57N19O2Si. The van der Waals surface area contributed by atoms with E-state index in [9.17, 15) is 14.9 Å². The average Bonchev–Trinajstić information content (AvgIpc) is 4.14. The minimum atomic E-state index is -1.45. The molecule has 0 radical (unpaired) electrons. The van der Waals surface area contributed by atoms with Gasteiger partial charge < -0.3 is 31.2 Å². The number of hydrogen-bond acceptors (Lipinski definition) is 15. The van der Waals surface area contributed by atoms with Crippen molar-refractivity contribution in [3.05, 3.63) is 130 Å². The van der Waals surface area contributed by atoms with E-state index in [-0.39, 0.29) is 34.8 Å². The number of aliphatic imine (C=N–C) groups is 1. The first-order valence-electron chi connectivity index (χ1n) is 23.4. The van der Waals surface area contributed by atoms with Crippen molar-refractivity contribution in [1.82, 2.24) is 49.7 Å². The molecule has 21 nitrogen and oxygen atoms in total. The summed E-state index contributed by atoms with van der Waals surface area (Å²) in [6, 6.07) is 24.7. The number of aromatic nitrogens is 8. The number of nitrogen functional groups attached to an aromatic ring is 2. The highest BCUT2D eigenvalue weighted by Gasteiger charge is 2.28. The van der Waals surface area contributed by atoms with E-state index >= 15 is 0 Å². The van der Waals surface area contributed by atoms with Crippen LogP contribution < -0.4 is 22.1 Å². The van der Waals surface area contributed by atoms with E-state index in [1.807, 2.05) is 68.2 Å². The maximum atomic E-state index is 12.8. The Morgan fingerprint density at radius 1 is 0.676 bits per heavy atom. The molecule has 0 bridgehead atoms. The predicted molar refractivity (Wildman–Crippen MR) is 291 cm³/mol. The maximum Gasteiger partial charge on any atom is 0.251 e. The van der Waals surface area contributed by atoms with Crippen molar-refractivity contribution in [3.8, 4) is 51.1 Å². The number of azo groups is 1. The van der Waals surface area contributed by atoms with Crippen LogP contribution in [0, 0.1) is 11.3 Å². The smallest absolute Gasteiger partial charge is 0.251 e. The van der Waals surface area contributed by atoms with Gasteiger partial charge in [0.2, 0.25) is 11.9 Å². The highest BCUT2D eigenvalue weighted by Crippen LogP contribution is 2.37. The van der Waals surface area contributed by atoms with E-state index in [0.29, 0.717) is 52.0 Å². The topological polar surface area (TPSA) is 307 Å². The number of amidine groups is 1. The van der Waals surface area contributed by atoms with Crippen LogP contribution in [-0.4, -0.2) is 85.7 Å². The summed E-state index contributed by atoms with van der Waals surface area (Å²) in [6.07, 6.45) is 6.72. The van der Waals surface area contributed by atoms with Crippen molar-refractivity contribution in [3.63, 3.8) is 0 Å².